The fraction of sp³-hybridized carbons (Fsp3) is 0.154. The van der Waals surface area contributed by atoms with E-state index in [1.54, 1.807) is 24.3 Å². The molecule has 2 amide bonds. The molecule has 0 aliphatic carbocycles. The van der Waals surface area contributed by atoms with Crippen LogP contribution in [0.25, 0.3) is 5.57 Å². The van der Waals surface area contributed by atoms with Gasteiger partial charge in [0, 0.05) is 11.3 Å². The number of para-hydroxylation sites is 2. The highest BCUT2D eigenvalue weighted by Crippen LogP contribution is 2.40. The van der Waals surface area contributed by atoms with Crippen LogP contribution in [0.5, 0.6) is 11.5 Å². The zero-order valence-electron chi connectivity index (χ0n) is 18.4. The summed E-state index contributed by atoms with van der Waals surface area (Å²) in [6.45, 7) is 3.84. The molecule has 32 heavy (non-hydrogen) atoms. The first-order valence-corrected chi connectivity index (χ1v) is 10.2. The average Bonchev–Trinajstić information content (AvgIpc) is 3.04. The second-order valence-corrected chi connectivity index (χ2v) is 7.51. The van der Waals surface area contributed by atoms with E-state index in [0.29, 0.717) is 22.7 Å². The molecule has 0 saturated heterocycles. The highest BCUT2D eigenvalue weighted by Gasteiger charge is 2.42. The molecule has 0 spiro atoms. The number of rotatable bonds is 6. The Hall–Kier alpha value is -4.06. The number of nitrogens with one attached hydrogen (secondary N) is 1. The second-order valence-electron chi connectivity index (χ2n) is 7.51. The number of hydrogen-bond acceptors (Lipinski definition) is 5. The highest BCUT2D eigenvalue weighted by atomic mass is 16.5. The number of carbonyl (C=O) groups excluding carboxylic acids is 2. The lowest BCUT2D eigenvalue weighted by molar-refractivity contribution is -0.120. The third kappa shape index (κ3) is 3.60. The van der Waals surface area contributed by atoms with Crippen LogP contribution in [0.15, 0.2) is 72.4 Å². The summed E-state index contributed by atoms with van der Waals surface area (Å²) >= 11 is 0. The first-order chi connectivity index (χ1) is 15.5. The number of anilines is 2. The number of methoxy groups -OCH3 is 2. The van der Waals surface area contributed by atoms with Crippen molar-refractivity contribution in [1.82, 2.24) is 0 Å². The molecule has 1 heterocycles. The number of imide groups is 1. The summed E-state index contributed by atoms with van der Waals surface area (Å²) in [4.78, 5) is 28.6. The van der Waals surface area contributed by atoms with Gasteiger partial charge in [-0.3, -0.25) is 9.59 Å². The van der Waals surface area contributed by atoms with Gasteiger partial charge in [0.2, 0.25) is 0 Å². The predicted octanol–water partition coefficient (Wildman–Crippen LogP) is 4.72. The van der Waals surface area contributed by atoms with Crippen molar-refractivity contribution in [3.63, 3.8) is 0 Å². The molecule has 0 radical (unpaired) electrons. The van der Waals surface area contributed by atoms with Gasteiger partial charge in [-0.25, -0.2) is 4.90 Å². The maximum Gasteiger partial charge on any atom is 0.282 e. The topological polar surface area (TPSA) is 67.9 Å². The van der Waals surface area contributed by atoms with Gasteiger partial charge in [0.15, 0.2) is 0 Å². The van der Waals surface area contributed by atoms with Gasteiger partial charge in [0.1, 0.15) is 17.2 Å². The van der Waals surface area contributed by atoms with E-state index in [1.165, 1.54) is 14.2 Å². The van der Waals surface area contributed by atoms with Crippen molar-refractivity contribution >= 4 is 28.8 Å². The minimum absolute atomic E-state index is 0.192. The minimum atomic E-state index is -0.456. The lowest BCUT2D eigenvalue weighted by atomic mass is 10.0. The summed E-state index contributed by atoms with van der Waals surface area (Å²) in [5, 5.41) is 3.21. The van der Waals surface area contributed by atoms with Crippen LogP contribution in [0, 0.1) is 13.8 Å². The third-order valence-corrected chi connectivity index (χ3v) is 5.44. The molecule has 4 rings (SSSR count). The minimum Gasteiger partial charge on any atom is -0.496 e. The SMILES string of the molecule is COc1ccccc1C1=C(Nc2ccccc2C)C(=O)N(c2cc(C)ccc2OC)C1=O. The normalized spacial score (nSPS) is 13.6. The summed E-state index contributed by atoms with van der Waals surface area (Å²) in [7, 11) is 3.05. The first-order valence-electron chi connectivity index (χ1n) is 10.2. The van der Waals surface area contributed by atoms with Gasteiger partial charge in [0.25, 0.3) is 11.8 Å². The van der Waals surface area contributed by atoms with Crippen LogP contribution in [0.1, 0.15) is 16.7 Å². The lowest BCUT2D eigenvalue weighted by Gasteiger charge is -2.19. The van der Waals surface area contributed by atoms with E-state index in [-0.39, 0.29) is 11.3 Å². The quantitative estimate of drug-likeness (QED) is 0.576. The van der Waals surface area contributed by atoms with Crippen LogP contribution in [-0.4, -0.2) is 26.0 Å². The molecule has 0 bridgehead atoms. The van der Waals surface area contributed by atoms with E-state index in [1.807, 2.05) is 56.3 Å². The largest absolute Gasteiger partial charge is 0.496 e. The van der Waals surface area contributed by atoms with Gasteiger partial charge >= 0.3 is 0 Å². The fourth-order valence-corrected chi connectivity index (χ4v) is 3.79. The van der Waals surface area contributed by atoms with Gasteiger partial charge < -0.3 is 14.8 Å². The Morgan fingerprint density at radius 2 is 1.47 bits per heavy atom. The van der Waals surface area contributed by atoms with E-state index in [9.17, 15) is 9.59 Å². The first kappa shape index (κ1) is 21.2. The molecule has 0 saturated carbocycles. The third-order valence-electron chi connectivity index (χ3n) is 5.44. The van der Waals surface area contributed by atoms with Crippen molar-refractivity contribution in [2.75, 3.05) is 24.4 Å². The standard InChI is InChI=1S/C26H24N2O4/c1-16-13-14-22(32-4)20(15-16)28-25(29)23(18-10-6-8-12-21(18)31-3)24(26(28)30)27-19-11-7-5-9-17(19)2/h5-15,27H,1-4H3. The van der Waals surface area contributed by atoms with Gasteiger partial charge in [-0.15, -0.1) is 0 Å². The van der Waals surface area contributed by atoms with Crippen molar-refractivity contribution in [1.29, 1.82) is 0 Å². The Labute approximate surface area is 187 Å². The summed E-state index contributed by atoms with van der Waals surface area (Å²) in [6.07, 6.45) is 0. The number of benzene rings is 3. The molecule has 162 valence electrons. The van der Waals surface area contributed by atoms with Gasteiger partial charge in [-0.2, -0.15) is 0 Å². The number of carbonyl (C=O) groups is 2. The summed E-state index contributed by atoms with van der Waals surface area (Å²) in [6, 6.07) is 20.2. The van der Waals surface area contributed by atoms with Crippen molar-refractivity contribution in [2.45, 2.75) is 13.8 Å². The van der Waals surface area contributed by atoms with Gasteiger partial charge in [0.05, 0.1) is 25.5 Å². The Bertz CT molecular complexity index is 1250. The monoisotopic (exact) mass is 428 g/mol. The fourth-order valence-electron chi connectivity index (χ4n) is 3.79. The van der Waals surface area contributed by atoms with Crippen LogP contribution >= 0.6 is 0 Å². The molecule has 0 aromatic heterocycles. The zero-order chi connectivity index (χ0) is 22.8. The highest BCUT2D eigenvalue weighted by molar-refractivity contribution is 6.46. The Morgan fingerprint density at radius 1 is 0.781 bits per heavy atom. The number of amides is 2. The Morgan fingerprint density at radius 3 is 2.19 bits per heavy atom. The van der Waals surface area contributed by atoms with E-state index < -0.39 is 11.8 Å². The zero-order valence-corrected chi connectivity index (χ0v) is 18.4. The van der Waals surface area contributed by atoms with Crippen LogP contribution in [0.4, 0.5) is 11.4 Å². The molecule has 0 unspecified atom stereocenters. The van der Waals surface area contributed by atoms with E-state index in [4.69, 9.17) is 9.47 Å². The molecule has 3 aromatic rings. The van der Waals surface area contributed by atoms with Crippen molar-refractivity contribution < 1.29 is 19.1 Å². The van der Waals surface area contributed by atoms with E-state index >= 15 is 0 Å². The number of ether oxygens (including phenoxy) is 2. The Kier molecular flexibility index (Phi) is 5.69. The maximum atomic E-state index is 13.7. The molecule has 0 atom stereocenters. The Balaban J connectivity index is 1.91. The summed E-state index contributed by atoms with van der Waals surface area (Å²) in [5.41, 5.74) is 3.98. The molecule has 1 N–H and O–H groups in total. The average molecular weight is 428 g/mol. The van der Waals surface area contributed by atoms with Crippen LogP contribution < -0.4 is 19.7 Å². The molecular weight excluding hydrogens is 404 g/mol. The molecule has 1 aliphatic rings. The van der Waals surface area contributed by atoms with Crippen LogP contribution in [0.2, 0.25) is 0 Å². The molecular formula is C26H24N2O4. The van der Waals surface area contributed by atoms with Crippen molar-refractivity contribution in [3.05, 3.63) is 89.1 Å². The van der Waals surface area contributed by atoms with E-state index in [2.05, 4.69) is 5.32 Å². The van der Waals surface area contributed by atoms with Crippen molar-refractivity contribution in [2.24, 2.45) is 0 Å². The molecule has 0 fully saturated rings. The smallest absolute Gasteiger partial charge is 0.282 e. The molecule has 6 heteroatoms. The van der Waals surface area contributed by atoms with Crippen molar-refractivity contribution in [3.8, 4) is 11.5 Å². The number of aryl methyl sites for hydroxylation is 2. The predicted molar refractivity (Wildman–Crippen MR) is 125 cm³/mol. The van der Waals surface area contributed by atoms with E-state index in [0.717, 1.165) is 21.7 Å². The van der Waals surface area contributed by atoms with Gasteiger partial charge in [-0.05, 0) is 49.2 Å². The lowest BCUT2D eigenvalue weighted by Crippen LogP contribution is -2.32. The summed E-state index contributed by atoms with van der Waals surface area (Å²) < 4.78 is 11.0. The number of nitrogens with zero attached hydrogens (tertiary/aromatic N) is 1. The second kappa shape index (κ2) is 8.59. The maximum absolute atomic E-state index is 13.7. The molecule has 6 nitrogen and oxygen atoms in total. The molecule has 3 aromatic carbocycles. The van der Waals surface area contributed by atoms with Crippen LogP contribution in [0.3, 0.4) is 0 Å². The number of hydrogen-bond donors (Lipinski definition) is 1. The van der Waals surface area contributed by atoms with Gasteiger partial charge in [-0.1, -0.05) is 42.5 Å². The van der Waals surface area contributed by atoms with Crippen LogP contribution in [-0.2, 0) is 9.59 Å². The summed E-state index contributed by atoms with van der Waals surface area (Å²) in [5.74, 6) is 0.0437. The molecule has 1 aliphatic heterocycles.